The Morgan fingerprint density at radius 1 is 1.11 bits per heavy atom. The molecule has 2 saturated heterocycles. The van der Waals surface area contributed by atoms with Crippen LogP contribution in [0.5, 0.6) is 0 Å². The predicted octanol–water partition coefficient (Wildman–Crippen LogP) is 1.17. The van der Waals surface area contributed by atoms with E-state index in [2.05, 4.69) is 20.4 Å². The Morgan fingerprint density at radius 2 is 1.81 bits per heavy atom. The summed E-state index contributed by atoms with van der Waals surface area (Å²) in [7, 11) is 1.58. The van der Waals surface area contributed by atoms with E-state index in [-0.39, 0.29) is 23.2 Å². The second-order valence-corrected chi connectivity index (χ2v) is 10.4. The van der Waals surface area contributed by atoms with Crippen LogP contribution in [0.2, 0.25) is 0 Å². The van der Waals surface area contributed by atoms with E-state index >= 15 is 0 Å². The van der Waals surface area contributed by atoms with Crippen molar-refractivity contribution in [3.8, 4) is 0 Å². The largest absolute Gasteiger partial charge is 0.392 e. The van der Waals surface area contributed by atoms with E-state index in [1.807, 2.05) is 0 Å². The zero-order chi connectivity index (χ0) is 19.6. The molecule has 4 bridgehead atoms. The molecule has 6 heteroatoms. The summed E-state index contributed by atoms with van der Waals surface area (Å²) in [6.07, 6.45) is 0.202. The van der Waals surface area contributed by atoms with Crippen molar-refractivity contribution in [2.45, 2.75) is 76.3 Å². The fourth-order valence-corrected chi connectivity index (χ4v) is 8.53. The fourth-order valence-electron chi connectivity index (χ4n) is 8.53. The van der Waals surface area contributed by atoms with E-state index in [4.69, 9.17) is 9.47 Å². The van der Waals surface area contributed by atoms with Crippen molar-refractivity contribution in [1.29, 1.82) is 0 Å². The summed E-state index contributed by atoms with van der Waals surface area (Å²) in [4.78, 5) is 0. The highest BCUT2D eigenvalue weighted by Gasteiger charge is 2.87. The Hall–Kier alpha value is -0.500. The van der Waals surface area contributed by atoms with E-state index in [0.717, 1.165) is 32.1 Å². The zero-order valence-electron chi connectivity index (χ0n) is 16.4. The molecule has 27 heavy (non-hydrogen) atoms. The molecule has 2 heterocycles. The maximum atomic E-state index is 11.9. The van der Waals surface area contributed by atoms with Crippen LogP contribution >= 0.6 is 0 Å². The third-order valence-corrected chi connectivity index (χ3v) is 9.27. The van der Waals surface area contributed by atoms with Crippen molar-refractivity contribution < 1.29 is 29.9 Å². The molecule has 4 N–H and O–H groups in total. The lowest BCUT2D eigenvalue weighted by Gasteiger charge is -2.76. The number of aliphatic hydroxyl groups is 4. The lowest BCUT2D eigenvalue weighted by molar-refractivity contribution is -0.516. The van der Waals surface area contributed by atoms with Gasteiger partial charge in [0.15, 0.2) is 6.29 Å². The maximum absolute atomic E-state index is 11.9. The molecule has 0 aromatic rings. The molecule has 10 atom stereocenters. The van der Waals surface area contributed by atoms with Crippen molar-refractivity contribution in [3.63, 3.8) is 0 Å². The van der Waals surface area contributed by atoms with E-state index in [1.54, 1.807) is 7.11 Å². The molecule has 6 aliphatic rings. The van der Waals surface area contributed by atoms with Crippen LogP contribution in [-0.2, 0) is 9.47 Å². The van der Waals surface area contributed by atoms with Gasteiger partial charge in [0.05, 0.1) is 17.6 Å². The van der Waals surface area contributed by atoms with Gasteiger partial charge in [-0.15, -0.1) is 0 Å². The Kier molecular flexibility index (Phi) is 3.54. The number of fused-ring (bicyclic) bond motifs is 2. The third-order valence-electron chi connectivity index (χ3n) is 9.27. The number of hydrogen-bond donors (Lipinski definition) is 4. The van der Waals surface area contributed by atoms with Gasteiger partial charge >= 0.3 is 0 Å². The normalized spacial score (nSPS) is 60.9. The van der Waals surface area contributed by atoms with Gasteiger partial charge in [-0.25, -0.2) is 0 Å². The molecule has 6 nitrogen and oxygen atoms in total. The van der Waals surface area contributed by atoms with Crippen LogP contribution in [0.4, 0.5) is 0 Å². The van der Waals surface area contributed by atoms with Gasteiger partial charge in [-0.05, 0) is 42.6 Å². The summed E-state index contributed by atoms with van der Waals surface area (Å²) in [5, 5.41) is 45.9. The molecule has 4 saturated carbocycles. The zero-order valence-corrected chi connectivity index (χ0v) is 16.4. The molecule has 152 valence electrons. The van der Waals surface area contributed by atoms with Crippen LogP contribution in [0.3, 0.4) is 0 Å². The van der Waals surface area contributed by atoms with E-state index < -0.39 is 41.2 Å². The first-order chi connectivity index (χ1) is 12.6. The topological polar surface area (TPSA) is 99.4 Å². The molecule has 0 aromatic heterocycles. The highest BCUT2D eigenvalue weighted by Crippen LogP contribution is 2.78. The molecule has 0 radical (unpaired) electrons. The summed E-state index contributed by atoms with van der Waals surface area (Å²) >= 11 is 0. The van der Waals surface area contributed by atoms with Crippen LogP contribution in [0.25, 0.3) is 0 Å². The maximum Gasteiger partial charge on any atom is 0.206 e. The van der Waals surface area contributed by atoms with Crippen molar-refractivity contribution in [1.82, 2.24) is 0 Å². The highest BCUT2D eigenvalue weighted by molar-refractivity contribution is 5.37. The van der Waals surface area contributed by atoms with Gasteiger partial charge < -0.3 is 29.9 Å². The van der Waals surface area contributed by atoms with Crippen molar-refractivity contribution in [3.05, 3.63) is 12.2 Å². The van der Waals surface area contributed by atoms with E-state index in [0.29, 0.717) is 5.57 Å². The summed E-state index contributed by atoms with van der Waals surface area (Å²) in [5.74, 6) is -2.79. The lowest BCUT2D eigenvalue weighted by atomic mass is 9.35. The first-order valence-corrected chi connectivity index (χ1v) is 10.3. The van der Waals surface area contributed by atoms with Crippen molar-refractivity contribution in [2.75, 3.05) is 7.11 Å². The Morgan fingerprint density at radius 3 is 2.48 bits per heavy atom. The SMILES string of the molecule is C=C1C2CCC3C45CCCC(C)(C)C4C(O)C(O)(OC5OC)C3(C1O)C2O. The minimum Gasteiger partial charge on any atom is -0.392 e. The molecule has 10 unspecified atom stereocenters. The number of ether oxygens (including phenoxy) is 2. The number of aliphatic hydroxyl groups excluding tert-OH is 3. The van der Waals surface area contributed by atoms with Gasteiger partial charge in [-0.2, -0.15) is 0 Å². The van der Waals surface area contributed by atoms with Gasteiger partial charge in [-0.1, -0.05) is 26.8 Å². The third kappa shape index (κ3) is 1.65. The molecule has 6 fully saturated rings. The Labute approximate surface area is 160 Å². The van der Waals surface area contributed by atoms with Crippen LogP contribution in [0.1, 0.15) is 46.0 Å². The monoisotopic (exact) mass is 380 g/mol. The van der Waals surface area contributed by atoms with E-state index in [1.165, 1.54) is 0 Å². The van der Waals surface area contributed by atoms with Crippen LogP contribution in [-0.4, -0.2) is 57.9 Å². The molecular weight excluding hydrogens is 348 g/mol. The standard InChI is InChI=1S/C21H32O6/c1-10-11-6-7-12-19-9-5-8-18(2,3)13(19)16(24)21(25,27-17(19)26-4)20(12,14(10)22)15(11)23/h11-17,22-25H,1,5-9H2,2-4H3. The van der Waals surface area contributed by atoms with Crippen LogP contribution < -0.4 is 0 Å². The predicted molar refractivity (Wildman–Crippen MR) is 96.2 cm³/mol. The smallest absolute Gasteiger partial charge is 0.206 e. The molecule has 6 rings (SSSR count). The molecule has 0 amide bonds. The summed E-state index contributed by atoms with van der Waals surface area (Å²) in [5.41, 5.74) is -1.57. The lowest BCUT2D eigenvalue weighted by Crippen LogP contribution is -2.86. The molecule has 0 aromatic carbocycles. The first kappa shape index (κ1) is 18.5. The molecule has 2 spiro atoms. The van der Waals surface area contributed by atoms with Gasteiger partial charge in [0.25, 0.3) is 0 Å². The van der Waals surface area contributed by atoms with E-state index in [9.17, 15) is 20.4 Å². The summed E-state index contributed by atoms with van der Waals surface area (Å²) < 4.78 is 11.9. The van der Waals surface area contributed by atoms with Crippen LogP contribution in [0, 0.1) is 34.0 Å². The van der Waals surface area contributed by atoms with Gasteiger partial charge in [0.2, 0.25) is 5.79 Å². The fraction of sp³-hybridized carbons (Fsp3) is 0.905. The quantitative estimate of drug-likeness (QED) is 0.510. The molecular formula is C21H32O6. The number of methoxy groups -OCH3 is 1. The Bertz CT molecular complexity index is 692. The summed E-state index contributed by atoms with van der Waals surface area (Å²) in [6.45, 7) is 8.31. The summed E-state index contributed by atoms with van der Waals surface area (Å²) in [6, 6.07) is 0. The van der Waals surface area contributed by atoms with Gasteiger partial charge in [0.1, 0.15) is 6.10 Å². The average Bonchev–Trinajstić information content (AvgIpc) is 2.72. The molecule has 4 aliphatic carbocycles. The second kappa shape index (κ2) is 5.15. The second-order valence-electron chi connectivity index (χ2n) is 10.4. The first-order valence-electron chi connectivity index (χ1n) is 10.3. The van der Waals surface area contributed by atoms with Gasteiger partial charge in [0, 0.05) is 24.4 Å². The van der Waals surface area contributed by atoms with Crippen LogP contribution in [0.15, 0.2) is 12.2 Å². The minimum atomic E-state index is -2.07. The number of hydrogen-bond acceptors (Lipinski definition) is 6. The van der Waals surface area contributed by atoms with Crippen molar-refractivity contribution >= 4 is 0 Å². The van der Waals surface area contributed by atoms with Gasteiger partial charge in [-0.3, -0.25) is 0 Å². The number of rotatable bonds is 1. The Balaban J connectivity index is 1.81. The highest BCUT2D eigenvalue weighted by atomic mass is 16.7. The average molecular weight is 380 g/mol. The molecule has 2 aliphatic heterocycles. The minimum absolute atomic E-state index is 0.206. The van der Waals surface area contributed by atoms with Crippen molar-refractivity contribution in [2.24, 2.45) is 34.0 Å².